The molecule has 4 nitrogen and oxygen atoms in total. The maximum atomic E-state index is 11.7. The highest BCUT2D eigenvalue weighted by atomic mass is 16.5. The van der Waals surface area contributed by atoms with Crippen molar-refractivity contribution in [2.45, 2.75) is 26.3 Å². The van der Waals surface area contributed by atoms with Crippen molar-refractivity contribution in [3.05, 3.63) is 29.8 Å². The van der Waals surface area contributed by atoms with Crippen LogP contribution in [0.15, 0.2) is 24.3 Å². The minimum Gasteiger partial charge on any atom is -0.497 e. The van der Waals surface area contributed by atoms with Crippen molar-refractivity contribution in [1.82, 2.24) is 10.6 Å². The molecular weight excluding hydrogens is 228 g/mol. The summed E-state index contributed by atoms with van der Waals surface area (Å²) in [5.74, 6) is 0.854. The van der Waals surface area contributed by atoms with Crippen LogP contribution in [0.4, 0.5) is 0 Å². The van der Waals surface area contributed by atoms with Crippen molar-refractivity contribution >= 4 is 5.91 Å². The summed E-state index contributed by atoms with van der Waals surface area (Å²) < 4.78 is 5.12. The number of nitrogens with one attached hydrogen (secondary N) is 2. The van der Waals surface area contributed by atoms with Gasteiger partial charge in [0.05, 0.1) is 19.7 Å². The van der Waals surface area contributed by atoms with E-state index in [-0.39, 0.29) is 11.9 Å². The molecule has 1 amide bonds. The van der Waals surface area contributed by atoms with Crippen molar-refractivity contribution < 1.29 is 9.53 Å². The summed E-state index contributed by atoms with van der Waals surface area (Å²) in [5, 5.41) is 6.03. The standard InChI is InChI=1S/C14H22N2O2/c1-4-13(16-14(17)10-15-5-2)11-6-8-12(18-3)9-7-11/h6-9,13,15H,4-5,10H2,1-3H3,(H,16,17). The molecule has 0 aromatic heterocycles. The molecule has 100 valence electrons. The quantitative estimate of drug-likeness (QED) is 0.776. The molecule has 1 aromatic rings. The molecule has 0 saturated carbocycles. The lowest BCUT2D eigenvalue weighted by molar-refractivity contribution is -0.121. The van der Waals surface area contributed by atoms with Gasteiger partial charge in [-0.3, -0.25) is 4.79 Å². The maximum Gasteiger partial charge on any atom is 0.234 e. The Morgan fingerprint density at radius 3 is 2.44 bits per heavy atom. The number of hydrogen-bond acceptors (Lipinski definition) is 3. The normalized spacial score (nSPS) is 11.9. The molecule has 1 aromatic carbocycles. The van der Waals surface area contributed by atoms with Gasteiger partial charge < -0.3 is 15.4 Å². The summed E-state index contributed by atoms with van der Waals surface area (Å²) in [6.45, 7) is 5.20. The first-order valence-electron chi connectivity index (χ1n) is 6.35. The van der Waals surface area contributed by atoms with Gasteiger partial charge in [-0.25, -0.2) is 0 Å². The van der Waals surface area contributed by atoms with Crippen LogP contribution in [0, 0.1) is 0 Å². The predicted octanol–water partition coefficient (Wildman–Crippen LogP) is 1.87. The molecule has 2 N–H and O–H groups in total. The van der Waals surface area contributed by atoms with Gasteiger partial charge in [0.25, 0.3) is 0 Å². The summed E-state index contributed by atoms with van der Waals surface area (Å²) in [4.78, 5) is 11.7. The average molecular weight is 250 g/mol. The Balaban J connectivity index is 2.61. The Morgan fingerprint density at radius 2 is 1.94 bits per heavy atom. The van der Waals surface area contributed by atoms with E-state index in [0.29, 0.717) is 6.54 Å². The molecular formula is C14H22N2O2. The number of amides is 1. The number of hydrogen-bond donors (Lipinski definition) is 2. The third kappa shape index (κ3) is 4.37. The van der Waals surface area contributed by atoms with E-state index in [2.05, 4.69) is 17.6 Å². The maximum absolute atomic E-state index is 11.7. The number of benzene rings is 1. The van der Waals surface area contributed by atoms with Crippen LogP contribution in [-0.4, -0.2) is 26.1 Å². The summed E-state index contributed by atoms with van der Waals surface area (Å²) in [5.41, 5.74) is 1.10. The highest BCUT2D eigenvalue weighted by molar-refractivity contribution is 5.78. The first-order valence-corrected chi connectivity index (χ1v) is 6.35. The lowest BCUT2D eigenvalue weighted by atomic mass is 10.0. The zero-order valence-electron chi connectivity index (χ0n) is 11.3. The van der Waals surface area contributed by atoms with E-state index < -0.39 is 0 Å². The van der Waals surface area contributed by atoms with E-state index in [9.17, 15) is 4.79 Å². The molecule has 4 heteroatoms. The van der Waals surface area contributed by atoms with Gasteiger partial charge in [0.15, 0.2) is 0 Å². The monoisotopic (exact) mass is 250 g/mol. The first kappa shape index (κ1) is 14.5. The van der Waals surface area contributed by atoms with Gasteiger partial charge in [0.2, 0.25) is 5.91 Å². The van der Waals surface area contributed by atoms with E-state index >= 15 is 0 Å². The zero-order chi connectivity index (χ0) is 13.4. The Kier molecular flexibility index (Phi) is 6.22. The van der Waals surface area contributed by atoms with Gasteiger partial charge in [-0.1, -0.05) is 26.0 Å². The number of ether oxygens (including phenoxy) is 1. The molecule has 0 heterocycles. The summed E-state index contributed by atoms with van der Waals surface area (Å²) >= 11 is 0. The van der Waals surface area contributed by atoms with Crippen LogP contribution in [-0.2, 0) is 4.79 Å². The third-order valence-corrected chi connectivity index (χ3v) is 2.80. The molecule has 0 aliphatic carbocycles. The molecule has 0 radical (unpaired) electrons. The van der Waals surface area contributed by atoms with E-state index in [4.69, 9.17) is 4.74 Å². The van der Waals surface area contributed by atoms with Crippen LogP contribution in [0.5, 0.6) is 5.75 Å². The highest BCUT2D eigenvalue weighted by Crippen LogP contribution is 2.19. The van der Waals surface area contributed by atoms with E-state index in [1.807, 2.05) is 31.2 Å². The molecule has 1 rings (SSSR count). The summed E-state index contributed by atoms with van der Waals surface area (Å²) in [6.07, 6.45) is 0.865. The van der Waals surface area contributed by atoms with Gasteiger partial charge in [-0.15, -0.1) is 0 Å². The van der Waals surface area contributed by atoms with Crippen LogP contribution in [0.2, 0.25) is 0 Å². The second kappa shape index (κ2) is 7.71. The van der Waals surface area contributed by atoms with Crippen LogP contribution >= 0.6 is 0 Å². The second-order valence-electron chi connectivity index (χ2n) is 4.08. The lowest BCUT2D eigenvalue weighted by Gasteiger charge is -2.18. The fourth-order valence-corrected chi connectivity index (χ4v) is 1.74. The van der Waals surface area contributed by atoms with Gasteiger partial charge in [0.1, 0.15) is 5.75 Å². The van der Waals surface area contributed by atoms with Crippen LogP contribution in [0.1, 0.15) is 31.9 Å². The van der Waals surface area contributed by atoms with E-state index in [1.54, 1.807) is 7.11 Å². The number of methoxy groups -OCH3 is 1. The van der Waals surface area contributed by atoms with Gasteiger partial charge in [0, 0.05) is 0 Å². The van der Waals surface area contributed by atoms with E-state index in [0.717, 1.165) is 24.3 Å². The Bertz CT molecular complexity index is 363. The molecule has 0 bridgehead atoms. The SMILES string of the molecule is CCNCC(=O)NC(CC)c1ccc(OC)cc1. The first-order chi connectivity index (χ1) is 8.71. The topological polar surface area (TPSA) is 50.4 Å². The molecule has 18 heavy (non-hydrogen) atoms. The van der Waals surface area contributed by atoms with Crippen LogP contribution in [0.25, 0.3) is 0 Å². The van der Waals surface area contributed by atoms with Crippen molar-refractivity contribution in [1.29, 1.82) is 0 Å². The lowest BCUT2D eigenvalue weighted by Crippen LogP contribution is -2.36. The minimum atomic E-state index is 0.0273. The summed E-state index contributed by atoms with van der Waals surface area (Å²) in [7, 11) is 1.64. The number of carbonyl (C=O) groups is 1. The molecule has 0 saturated heterocycles. The number of likely N-dealkylation sites (N-methyl/N-ethyl adjacent to an activating group) is 1. The molecule has 1 atom stereocenters. The van der Waals surface area contributed by atoms with Gasteiger partial charge >= 0.3 is 0 Å². The largest absolute Gasteiger partial charge is 0.497 e. The zero-order valence-corrected chi connectivity index (χ0v) is 11.3. The Labute approximate surface area is 109 Å². The van der Waals surface area contributed by atoms with Crippen LogP contribution < -0.4 is 15.4 Å². The number of rotatable bonds is 7. The number of carbonyl (C=O) groups excluding carboxylic acids is 1. The van der Waals surface area contributed by atoms with Crippen molar-refractivity contribution in [3.63, 3.8) is 0 Å². The minimum absolute atomic E-state index is 0.0273. The molecule has 1 unspecified atom stereocenters. The summed E-state index contributed by atoms with van der Waals surface area (Å²) in [6, 6.07) is 7.85. The smallest absolute Gasteiger partial charge is 0.234 e. The van der Waals surface area contributed by atoms with Crippen molar-refractivity contribution in [2.75, 3.05) is 20.2 Å². The molecule has 0 aliphatic heterocycles. The Morgan fingerprint density at radius 1 is 1.28 bits per heavy atom. The van der Waals surface area contributed by atoms with E-state index in [1.165, 1.54) is 0 Å². The van der Waals surface area contributed by atoms with Crippen LogP contribution in [0.3, 0.4) is 0 Å². The molecule has 0 fully saturated rings. The predicted molar refractivity (Wildman–Crippen MR) is 72.7 cm³/mol. The second-order valence-corrected chi connectivity index (χ2v) is 4.08. The Hall–Kier alpha value is -1.55. The molecule has 0 spiro atoms. The fourth-order valence-electron chi connectivity index (χ4n) is 1.74. The van der Waals surface area contributed by atoms with Gasteiger partial charge in [-0.2, -0.15) is 0 Å². The molecule has 0 aliphatic rings. The average Bonchev–Trinajstić information content (AvgIpc) is 2.42. The van der Waals surface area contributed by atoms with Crippen molar-refractivity contribution in [2.24, 2.45) is 0 Å². The van der Waals surface area contributed by atoms with Gasteiger partial charge in [-0.05, 0) is 30.7 Å². The van der Waals surface area contributed by atoms with Crippen molar-refractivity contribution in [3.8, 4) is 5.75 Å². The highest BCUT2D eigenvalue weighted by Gasteiger charge is 2.12. The third-order valence-electron chi connectivity index (χ3n) is 2.80. The fraction of sp³-hybridized carbons (Fsp3) is 0.500.